The number of carbonyl (C=O) groups is 1. The molecule has 3 atom stereocenters. The normalized spacial score (nSPS) is 36.2. The molecule has 1 amide bonds. The maximum absolute atomic E-state index is 12.8. The van der Waals surface area contributed by atoms with Gasteiger partial charge < -0.3 is 0 Å². The fraction of sp³-hybridized carbons (Fsp3) is 0.611. The third-order valence-corrected chi connectivity index (χ3v) is 8.79. The quantitative estimate of drug-likeness (QED) is 0.836. The number of nitrogens with zero attached hydrogens (tertiary/aromatic N) is 1. The maximum atomic E-state index is 12.8. The molecule has 23 heavy (non-hydrogen) atoms. The van der Waals surface area contributed by atoms with Gasteiger partial charge >= 0.3 is 0 Å². The number of fused-ring (bicyclic) bond motifs is 1. The summed E-state index contributed by atoms with van der Waals surface area (Å²) in [5.41, 5.74) is 0.645. The molecule has 2 bridgehead atoms. The SMILES string of the molecule is CC1(C)[C@@H]2CC[C@]13CS(=O)(=O)N(C(=O)Cc1ccccc1)[C@@H]3C2. The summed E-state index contributed by atoms with van der Waals surface area (Å²) in [5, 5.41) is 0. The molecule has 4 nitrogen and oxygen atoms in total. The van der Waals surface area contributed by atoms with Crippen LogP contribution < -0.4 is 0 Å². The molecule has 3 aliphatic rings. The average molecular weight is 333 g/mol. The molecule has 2 aliphatic carbocycles. The monoisotopic (exact) mass is 333 g/mol. The first-order chi connectivity index (χ1) is 10.8. The van der Waals surface area contributed by atoms with E-state index in [2.05, 4.69) is 13.8 Å². The molecule has 124 valence electrons. The molecule has 1 aliphatic heterocycles. The lowest BCUT2D eigenvalue weighted by molar-refractivity contribution is -0.128. The average Bonchev–Trinajstić information content (AvgIpc) is 2.95. The van der Waals surface area contributed by atoms with Gasteiger partial charge in [0.2, 0.25) is 15.9 Å². The number of sulfonamides is 1. The molecule has 5 heteroatoms. The molecule has 0 radical (unpaired) electrons. The highest BCUT2D eigenvalue weighted by Gasteiger charge is 2.72. The van der Waals surface area contributed by atoms with Crippen LogP contribution in [0.5, 0.6) is 0 Å². The van der Waals surface area contributed by atoms with Gasteiger partial charge in [0.15, 0.2) is 0 Å². The van der Waals surface area contributed by atoms with Gasteiger partial charge in [-0.25, -0.2) is 12.7 Å². The van der Waals surface area contributed by atoms with Crippen LogP contribution in [-0.4, -0.2) is 30.4 Å². The lowest BCUT2D eigenvalue weighted by atomic mass is 9.69. The summed E-state index contributed by atoms with van der Waals surface area (Å²) >= 11 is 0. The maximum Gasteiger partial charge on any atom is 0.240 e. The first-order valence-corrected chi connectivity index (χ1v) is 9.98. The molecule has 0 N–H and O–H groups in total. The Labute approximate surface area is 137 Å². The largest absolute Gasteiger partial charge is 0.273 e. The van der Waals surface area contributed by atoms with Crippen LogP contribution in [0.1, 0.15) is 38.7 Å². The van der Waals surface area contributed by atoms with Crippen LogP contribution in [0.2, 0.25) is 0 Å². The van der Waals surface area contributed by atoms with Gasteiger partial charge in [-0.15, -0.1) is 0 Å². The first kappa shape index (κ1) is 15.2. The Kier molecular flexibility index (Phi) is 3.03. The van der Waals surface area contributed by atoms with E-state index < -0.39 is 10.0 Å². The lowest BCUT2D eigenvalue weighted by Crippen LogP contribution is -2.44. The minimum absolute atomic E-state index is 0.00646. The highest BCUT2D eigenvalue weighted by atomic mass is 32.2. The van der Waals surface area contributed by atoms with Crippen molar-refractivity contribution in [2.75, 3.05) is 5.75 Å². The van der Waals surface area contributed by atoms with Crippen molar-refractivity contribution >= 4 is 15.9 Å². The highest BCUT2D eigenvalue weighted by Crippen LogP contribution is 2.69. The van der Waals surface area contributed by atoms with Gasteiger partial charge in [0, 0.05) is 5.41 Å². The summed E-state index contributed by atoms with van der Waals surface area (Å²) in [5.74, 6) is 0.422. The van der Waals surface area contributed by atoms with Crippen molar-refractivity contribution in [3.05, 3.63) is 35.9 Å². The van der Waals surface area contributed by atoms with E-state index in [4.69, 9.17) is 0 Å². The predicted molar refractivity (Wildman–Crippen MR) is 88.1 cm³/mol. The molecular weight excluding hydrogens is 310 g/mol. The van der Waals surface area contributed by atoms with Crippen molar-refractivity contribution in [2.24, 2.45) is 16.7 Å². The summed E-state index contributed by atoms with van der Waals surface area (Å²) in [7, 11) is -3.50. The van der Waals surface area contributed by atoms with Crippen molar-refractivity contribution in [1.82, 2.24) is 4.31 Å². The Morgan fingerprint density at radius 3 is 2.61 bits per heavy atom. The number of carbonyl (C=O) groups excluding carboxylic acids is 1. The summed E-state index contributed by atoms with van der Waals surface area (Å²) in [6.45, 7) is 4.40. The Hall–Kier alpha value is -1.36. The standard InChI is InChI=1S/C18H23NO3S/c1-17(2)14-8-9-18(17)12-23(21,22)19(15(18)11-14)16(20)10-13-6-4-3-5-7-13/h3-7,14-15H,8-12H2,1-2H3/t14-,15-,18-/m1/s1. The van der Waals surface area contributed by atoms with Gasteiger partial charge in [-0.3, -0.25) is 4.79 Å². The van der Waals surface area contributed by atoms with Crippen LogP contribution in [0.4, 0.5) is 0 Å². The molecule has 0 aromatic heterocycles. The van der Waals surface area contributed by atoms with E-state index >= 15 is 0 Å². The van der Waals surface area contributed by atoms with E-state index in [1.165, 1.54) is 4.31 Å². The Bertz CT molecular complexity index is 756. The van der Waals surface area contributed by atoms with Crippen molar-refractivity contribution in [1.29, 1.82) is 0 Å². The van der Waals surface area contributed by atoms with E-state index in [0.717, 1.165) is 24.8 Å². The van der Waals surface area contributed by atoms with Crippen LogP contribution in [0.15, 0.2) is 30.3 Å². The highest BCUT2D eigenvalue weighted by molar-refractivity contribution is 7.90. The molecule has 1 spiro atoms. The number of hydrogen-bond donors (Lipinski definition) is 0. The van der Waals surface area contributed by atoms with Crippen molar-refractivity contribution in [3.63, 3.8) is 0 Å². The zero-order valence-corrected chi connectivity index (χ0v) is 14.5. The van der Waals surface area contributed by atoms with Gasteiger partial charge in [-0.2, -0.15) is 0 Å². The van der Waals surface area contributed by atoms with E-state index in [1.807, 2.05) is 30.3 Å². The fourth-order valence-electron chi connectivity index (χ4n) is 5.47. The third-order valence-electron chi connectivity index (χ3n) is 6.86. The molecule has 1 aromatic rings. The van der Waals surface area contributed by atoms with Gasteiger partial charge in [0.25, 0.3) is 0 Å². The molecule has 2 saturated carbocycles. The zero-order chi connectivity index (χ0) is 16.5. The van der Waals surface area contributed by atoms with Gasteiger partial charge in [-0.1, -0.05) is 44.2 Å². The number of rotatable bonds is 2. The van der Waals surface area contributed by atoms with Crippen molar-refractivity contribution < 1.29 is 13.2 Å². The number of hydrogen-bond acceptors (Lipinski definition) is 3. The first-order valence-electron chi connectivity index (χ1n) is 8.37. The van der Waals surface area contributed by atoms with Crippen LogP contribution in [0.3, 0.4) is 0 Å². The van der Waals surface area contributed by atoms with Gasteiger partial charge in [0.05, 0.1) is 18.2 Å². The molecule has 1 saturated heterocycles. The van der Waals surface area contributed by atoms with Gasteiger partial charge in [0.1, 0.15) is 0 Å². The summed E-state index contributed by atoms with van der Waals surface area (Å²) in [6, 6.07) is 9.28. The molecular formula is C18H23NO3S. The number of amides is 1. The van der Waals surface area contributed by atoms with Crippen LogP contribution in [-0.2, 0) is 21.2 Å². The Balaban J connectivity index is 1.68. The molecule has 3 fully saturated rings. The van der Waals surface area contributed by atoms with E-state index in [-0.39, 0.29) is 35.0 Å². The lowest BCUT2D eigenvalue weighted by Gasteiger charge is -2.37. The summed E-state index contributed by atoms with van der Waals surface area (Å²) in [6.07, 6.45) is 3.04. The molecule has 0 unspecified atom stereocenters. The minimum atomic E-state index is -3.50. The van der Waals surface area contributed by atoms with E-state index in [0.29, 0.717) is 5.92 Å². The Morgan fingerprint density at radius 1 is 1.26 bits per heavy atom. The fourth-order valence-corrected chi connectivity index (χ4v) is 8.01. The molecule has 1 aromatic carbocycles. The van der Waals surface area contributed by atoms with Crippen molar-refractivity contribution in [2.45, 2.75) is 45.6 Å². The van der Waals surface area contributed by atoms with Crippen molar-refractivity contribution in [3.8, 4) is 0 Å². The predicted octanol–water partition coefficient (Wildman–Crippen LogP) is 2.60. The minimum Gasteiger partial charge on any atom is -0.273 e. The summed E-state index contributed by atoms with van der Waals surface area (Å²) < 4.78 is 26.8. The zero-order valence-electron chi connectivity index (χ0n) is 13.7. The second kappa shape index (κ2) is 4.59. The van der Waals surface area contributed by atoms with E-state index in [1.54, 1.807) is 0 Å². The molecule has 1 heterocycles. The topological polar surface area (TPSA) is 54.5 Å². The van der Waals surface area contributed by atoms with Crippen LogP contribution >= 0.6 is 0 Å². The Morgan fingerprint density at radius 2 is 1.96 bits per heavy atom. The van der Waals surface area contributed by atoms with Gasteiger partial charge in [-0.05, 0) is 36.2 Å². The van der Waals surface area contributed by atoms with Crippen LogP contribution in [0, 0.1) is 16.7 Å². The van der Waals surface area contributed by atoms with Crippen LogP contribution in [0.25, 0.3) is 0 Å². The second-order valence-corrected chi connectivity index (χ2v) is 9.82. The summed E-state index contributed by atoms with van der Waals surface area (Å²) in [4.78, 5) is 12.8. The van der Waals surface area contributed by atoms with E-state index in [9.17, 15) is 13.2 Å². The second-order valence-electron chi connectivity index (χ2n) is 7.97. The number of benzene rings is 1. The smallest absolute Gasteiger partial charge is 0.240 e. The third kappa shape index (κ3) is 1.89. The molecule has 4 rings (SSSR count).